The van der Waals surface area contributed by atoms with Crippen LogP contribution >= 0.6 is 0 Å². The summed E-state index contributed by atoms with van der Waals surface area (Å²) in [5, 5.41) is 19.0. The Hall–Kier alpha value is -2.12. The highest BCUT2D eigenvalue weighted by atomic mass is 16.4. The van der Waals surface area contributed by atoms with E-state index in [1.807, 2.05) is 4.90 Å². The number of hydrogen-bond acceptors (Lipinski definition) is 4. The Morgan fingerprint density at radius 3 is 2.90 bits per heavy atom. The number of aromatic nitrogens is 3. The fraction of sp³-hybridized carbons (Fsp3) is 0.692. The van der Waals surface area contributed by atoms with Crippen molar-refractivity contribution in [2.45, 2.75) is 51.7 Å². The van der Waals surface area contributed by atoms with E-state index in [9.17, 15) is 9.59 Å². The smallest absolute Gasteiger partial charge is 0.325 e. The zero-order chi connectivity index (χ0) is 15.2. The van der Waals surface area contributed by atoms with E-state index in [1.54, 1.807) is 0 Å². The van der Waals surface area contributed by atoms with Crippen LogP contribution in [0.15, 0.2) is 6.20 Å². The molecule has 1 heterocycles. The second-order valence-electron chi connectivity index (χ2n) is 5.24. The molecule has 1 aliphatic carbocycles. The van der Waals surface area contributed by atoms with Gasteiger partial charge in [-0.25, -0.2) is 9.48 Å². The van der Waals surface area contributed by atoms with Gasteiger partial charge in [0.1, 0.15) is 12.2 Å². The maximum absolute atomic E-state index is 12.2. The molecule has 0 bridgehead atoms. The van der Waals surface area contributed by atoms with E-state index < -0.39 is 5.97 Å². The molecule has 1 aromatic rings. The molecule has 0 radical (unpaired) electrons. The third-order valence-electron chi connectivity index (χ3n) is 3.31. The molecule has 1 fully saturated rings. The Kier molecular flexibility index (Phi) is 5.13. The molecule has 8 nitrogen and oxygen atoms in total. The lowest BCUT2D eigenvalue weighted by Crippen LogP contribution is -2.41. The van der Waals surface area contributed by atoms with Crippen molar-refractivity contribution in [1.82, 2.24) is 25.2 Å². The lowest BCUT2D eigenvalue weighted by atomic mass is 10.3. The second-order valence-corrected chi connectivity index (χ2v) is 5.24. The number of carboxylic acids is 1. The largest absolute Gasteiger partial charge is 0.480 e. The van der Waals surface area contributed by atoms with Crippen LogP contribution in [0.3, 0.4) is 0 Å². The van der Waals surface area contributed by atoms with Crippen molar-refractivity contribution in [3.8, 4) is 0 Å². The first kappa shape index (κ1) is 15.3. The summed E-state index contributed by atoms with van der Waals surface area (Å²) in [6, 6.07) is 0.290. The third-order valence-corrected chi connectivity index (χ3v) is 3.31. The minimum atomic E-state index is -0.977. The SMILES string of the molecule is CCCCN(C(=O)NCc1cn(CC(=O)O)nn1)C1CC1. The van der Waals surface area contributed by atoms with Crippen molar-refractivity contribution in [3.05, 3.63) is 11.9 Å². The van der Waals surface area contributed by atoms with Gasteiger partial charge in [0.25, 0.3) is 0 Å². The highest BCUT2D eigenvalue weighted by Gasteiger charge is 2.31. The molecular weight excluding hydrogens is 274 g/mol. The molecular formula is C13H21N5O3. The van der Waals surface area contributed by atoms with Gasteiger partial charge in [0, 0.05) is 12.6 Å². The van der Waals surface area contributed by atoms with Gasteiger partial charge in [-0.15, -0.1) is 5.10 Å². The zero-order valence-corrected chi connectivity index (χ0v) is 12.2. The van der Waals surface area contributed by atoms with Crippen molar-refractivity contribution in [1.29, 1.82) is 0 Å². The van der Waals surface area contributed by atoms with Crippen LogP contribution in [0.25, 0.3) is 0 Å². The van der Waals surface area contributed by atoms with Gasteiger partial charge < -0.3 is 15.3 Å². The van der Waals surface area contributed by atoms with E-state index in [0.717, 1.165) is 32.2 Å². The molecule has 0 aromatic carbocycles. The molecule has 1 aliphatic rings. The first-order chi connectivity index (χ1) is 10.1. The quantitative estimate of drug-likeness (QED) is 0.740. The number of carbonyl (C=O) groups is 2. The number of unbranched alkanes of at least 4 members (excludes halogenated alkanes) is 1. The van der Waals surface area contributed by atoms with Crippen molar-refractivity contribution < 1.29 is 14.7 Å². The highest BCUT2D eigenvalue weighted by Crippen LogP contribution is 2.27. The fourth-order valence-electron chi connectivity index (χ4n) is 2.07. The van der Waals surface area contributed by atoms with E-state index in [1.165, 1.54) is 10.9 Å². The molecule has 116 valence electrons. The topological polar surface area (TPSA) is 100 Å². The Labute approximate surface area is 123 Å². The number of carbonyl (C=O) groups excluding carboxylic acids is 1. The molecule has 0 saturated heterocycles. The molecule has 8 heteroatoms. The average molecular weight is 295 g/mol. The van der Waals surface area contributed by atoms with Crippen LogP contribution in [0, 0.1) is 0 Å². The molecule has 1 aromatic heterocycles. The summed E-state index contributed by atoms with van der Waals surface area (Å²) in [4.78, 5) is 24.6. The highest BCUT2D eigenvalue weighted by molar-refractivity contribution is 5.74. The van der Waals surface area contributed by atoms with Crippen molar-refractivity contribution in [2.75, 3.05) is 6.54 Å². The molecule has 2 amide bonds. The minimum absolute atomic E-state index is 0.0845. The number of carboxylic acid groups (broad SMARTS) is 1. The predicted molar refractivity (Wildman–Crippen MR) is 74.5 cm³/mol. The molecule has 1 saturated carbocycles. The second kappa shape index (κ2) is 7.05. The lowest BCUT2D eigenvalue weighted by Gasteiger charge is -2.22. The third kappa shape index (κ3) is 4.73. The summed E-state index contributed by atoms with van der Waals surface area (Å²) in [7, 11) is 0. The van der Waals surface area contributed by atoms with Gasteiger partial charge in [0.15, 0.2) is 0 Å². The first-order valence-electron chi connectivity index (χ1n) is 7.25. The molecule has 0 spiro atoms. The van der Waals surface area contributed by atoms with E-state index in [0.29, 0.717) is 11.7 Å². The number of urea groups is 1. The van der Waals surface area contributed by atoms with Gasteiger partial charge in [0.05, 0.1) is 12.7 Å². The van der Waals surface area contributed by atoms with Crippen LogP contribution in [0.5, 0.6) is 0 Å². The van der Waals surface area contributed by atoms with E-state index >= 15 is 0 Å². The van der Waals surface area contributed by atoms with E-state index in [-0.39, 0.29) is 19.1 Å². The van der Waals surface area contributed by atoms with Crippen molar-refractivity contribution in [2.24, 2.45) is 0 Å². The molecule has 2 N–H and O–H groups in total. The molecule has 2 rings (SSSR count). The number of aliphatic carboxylic acids is 1. The summed E-state index contributed by atoms with van der Waals surface area (Å²) in [6.07, 6.45) is 5.73. The van der Waals surface area contributed by atoms with Crippen molar-refractivity contribution in [3.63, 3.8) is 0 Å². The monoisotopic (exact) mass is 295 g/mol. The Morgan fingerprint density at radius 1 is 1.52 bits per heavy atom. The van der Waals surface area contributed by atoms with Gasteiger partial charge in [-0.1, -0.05) is 18.6 Å². The van der Waals surface area contributed by atoms with Gasteiger partial charge in [-0.3, -0.25) is 4.79 Å². The summed E-state index contributed by atoms with van der Waals surface area (Å²) in [6.45, 7) is 2.90. The van der Waals surface area contributed by atoms with Gasteiger partial charge >= 0.3 is 12.0 Å². The zero-order valence-electron chi connectivity index (χ0n) is 12.2. The van der Waals surface area contributed by atoms with Crippen LogP contribution in [0.4, 0.5) is 4.79 Å². The Bertz CT molecular complexity index is 498. The van der Waals surface area contributed by atoms with E-state index in [4.69, 9.17) is 5.11 Å². The van der Waals surface area contributed by atoms with Gasteiger partial charge in [-0.05, 0) is 19.3 Å². The summed E-state index contributed by atoms with van der Waals surface area (Å²) in [5.41, 5.74) is 0.552. The van der Waals surface area contributed by atoms with Crippen LogP contribution in [-0.4, -0.2) is 49.6 Å². The molecule has 0 atom stereocenters. The Morgan fingerprint density at radius 2 is 2.29 bits per heavy atom. The average Bonchev–Trinajstić information content (AvgIpc) is 3.17. The Balaban J connectivity index is 1.81. The standard InChI is InChI=1S/C13H21N5O3/c1-2-3-6-18(11-4-5-11)13(21)14-7-10-8-17(16-15-10)9-12(19)20/h8,11H,2-7,9H2,1H3,(H,14,21)(H,19,20). The maximum Gasteiger partial charge on any atom is 0.325 e. The van der Waals surface area contributed by atoms with Crippen LogP contribution in [-0.2, 0) is 17.9 Å². The summed E-state index contributed by atoms with van der Waals surface area (Å²) in [5.74, 6) is -0.977. The number of nitrogens with one attached hydrogen (secondary N) is 1. The van der Waals surface area contributed by atoms with Crippen LogP contribution < -0.4 is 5.32 Å². The minimum Gasteiger partial charge on any atom is -0.480 e. The predicted octanol–water partition coefficient (Wildman–Crippen LogP) is 0.837. The molecule has 21 heavy (non-hydrogen) atoms. The number of nitrogens with zero attached hydrogens (tertiary/aromatic N) is 4. The van der Waals surface area contributed by atoms with Gasteiger partial charge in [0.2, 0.25) is 0 Å². The van der Waals surface area contributed by atoms with Crippen LogP contribution in [0.1, 0.15) is 38.3 Å². The number of amides is 2. The summed E-state index contributed by atoms with van der Waals surface area (Å²) < 4.78 is 1.24. The fourth-order valence-corrected chi connectivity index (χ4v) is 2.07. The first-order valence-corrected chi connectivity index (χ1v) is 7.25. The molecule has 0 unspecified atom stereocenters. The lowest BCUT2D eigenvalue weighted by molar-refractivity contribution is -0.137. The normalized spacial score (nSPS) is 14.0. The van der Waals surface area contributed by atoms with E-state index in [2.05, 4.69) is 22.6 Å². The number of rotatable bonds is 8. The maximum atomic E-state index is 12.2. The number of hydrogen-bond donors (Lipinski definition) is 2. The molecule has 0 aliphatic heterocycles. The summed E-state index contributed by atoms with van der Waals surface area (Å²) >= 11 is 0. The van der Waals surface area contributed by atoms with Gasteiger partial charge in [-0.2, -0.15) is 0 Å². The van der Waals surface area contributed by atoms with Crippen LogP contribution in [0.2, 0.25) is 0 Å². The van der Waals surface area contributed by atoms with Crippen molar-refractivity contribution >= 4 is 12.0 Å².